The molecule has 1 N–H and O–H groups in total. The summed E-state index contributed by atoms with van der Waals surface area (Å²) in [6.07, 6.45) is 2.94. The molecule has 1 saturated heterocycles. The highest BCUT2D eigenvalue weighted by Gasteiger charge is 2.19. The molecule has 15 heavy (non-hydrogen) atoms. The summed E-state index contributed by atoms with van der Waals surface area (Å²) in [5.74, 6) is 0.382. The first-order valence-corrected chi connectivity index (χ1v) is 5.26. The van der Waals surface area contributed by atoms with Gasteiger partial charge >= 0.3 is 0 Å². The van der Waals surface area contributed by atoms with E-state index in [0.717, 1.165) is 31.6 Å². The third kappa shape index (κ3) is 2.53. The van der Waals surface area contributed by atoms with Crippen molar-refractivity contribution in [2.75, 3.05) is 13.1 Å². The molecular formula is C10H15F2N3. The number of hydrogen-bond acceptors (Lipinski definition) is 2. The molecule has 0 bridgehead atoms. The van der Waals surface area contributed by atoms with Gasteiger partial charge in [-0.1, -0.05) is 0 Å². The quantitative estimate of drug-likeness (QED) is 0.830. The molecule has 0 amide bonds. The minimum Gasteiger partial charge on any atom is -0.329 e. The Labute approximate surface area is 87.5 Å². The van der Waals surface area contributed by atoms with Gasteiger partial charge in [0.2, 0.25) is 0 Å². The summed E-state index contributed by atoms with van der Waals surface area (Å²) in [5, 5.41) is 3.26. The zero-order valence-corrected chi connectivity index (χ0v) is 8.50. The fourth-order valence-electron chi connectivity index (χ4n) is 2.09. The van der Waals surface area contributed by atoms with Crippen LogP contribution in [0.4, 0.5) is 8.78 Å². The zero-order valence-electron chi connectivity index (χ0n) is 8.50. The summed E-state index contributed by atoms with van der Waals surface area (Å²) in [4.78, 5) is 3.96. The number of piperidine rings is 1. The topological polar surface area (TPSA) is 29.9 Å². The molecule has 0 atom stereocenters. The van der Waals surface area contributed by atoms with E-state index >= 15 is 0 Å². The molecule has 0 saturated carbocycles. The van der Waals surface area contributed by atoms with E-state index in [0.29, 0.717) is 5.92 Å². The van der Waals surface area contributed by atoms with Crippen LogP contribution in [-0.4, -0.2) is 29.1 Å². The number of rotatable bonds is 3. The summed E-state index contributed by atoms with van der Waals surface area (Å²) in [5.41, 5.74) is 0.955. The molecule has 1 aliphatic heterocycles. The van der Waals surface area contributed by atoms with Gasteiger partial charge in [0.05, 0.1) is 12.9 Å². The Hall–Kier alpha value is -0.970. The Bertz CT molecular complexity index is 305. The van der Waals surface area contributed by atoms with Gasteiger partial charge in [0.1, 0.15) is 0 Å². The highest BCUT2D eigenvalue weighted by molar-refractivity contribution is 5.07. The monoisotopic (exact) mass is 215 g/mol. The predicted octanol–water partition coefficient (Wildman–Crippen LogP) is 1.62. The molecule has 0 spiro atoms. The predicted molar refractivity (Wildman–Crippen MR) is 53.1 cm³/mol. The largest absolute Gasteiger partial charge is 0.329 e. The molecule has 1 aliphatic rings. The summed E-state index contributed by atoms with van der Waals surface area (Å²) in [7, 11) is 0. The number of imidazole rings is 1. The first kappa shape index (κ1) is 10.5. The van der Waals surface area contributed by atoms with Crippen LogP contribution in [0, 0.1) is 0 Å². The maximum absolute atomic E-state index is 12.3. The molecule has 1 fully saturated rings. The molecular weight excluding hydrogens is 200 g/mol. The fraction of sp³-hybridized carbons (Fsp3) is 0.700. The van der Waals surface area contributed by atoms with Crippen LogP contribution in [0.15, 0.2) is 12.5 Å². The van der Waals surface area contributed by atoms with Crippen molar-refractivity contribution in [1.82, 2.24) is 14.9 Å². The smallest absolute Gasteiger partial charge is 0.256 e. The average molecular weight is 215 g/mol. The van der Waals surface area contributed by atoms with Crippen LogP contribution in [0.25, 0.3) is 0 Å². The van der Waals surface area contributed by atoms with E-state index in [1.807, 2.05) is 0 Å². The Morgan fingerprint density at radius 3 is 2.87 bits per heavy atom. The first-order valence-electron chi connectivity index (χ1n) is 5.26. The second-order valence-corrected chi connectivity index (χ2v) is 3.89. The molecule has 5 heteroatoms. The average Bonchev–Trinajstić information content (AvgIpc) is 2.66. The maximum atomic E-state index is 12.3. The van der Waals surface area contributed by atoms with Crippen molar-refractivity contribution in [1.29, 1.82) is 0 Å². The van der Waals surface area contributed by atoms with Crippen LogP contribution in [-0.2, 0) is 6.54 Å². The van der Waals surface area contributed by atoms with E-state index in [1.54, 1.807) is 10.8 Å². The van der Waals surface area contributed by atoms with E-state index in [2.05, 4.69) is 10.3 Å². The van der Waals surface area contributed by atoms with Gasteiger partial charge in [-0.2, -0.15) is 0 Å². The number of halogens is 2. The molecule has 1 aromatic rings. The lowest BCUT2D eigenvalue weighted by atomic mass is 9.95. The molecule has 2 rings (SSSR count). The standard InChI is InChI=1S/C10H15F2N3/c11-10(12)6-15-7-14-5-9(15)8-1-3-13-4-2-8/h5,7-8,10,13H,1-4,6H2. The van der Waals surface area contributed by atoms with Crippen LogP contribution < -0.4 is 5.32 Å². The minimum absolute atomic E-state index is 0.237. The summed E-state index contributed by atoms with van der Waals surface area (Å²) in [6, 6.07) is 0. The van der Waals surface area contributed by atoms with Crippen molar-refractivity contribution in [3.63, 3.8) is 0 Å². The van der Waals surface area contributed by atoms with E-state index in [9.17, 15) is 8.78 Å². The zero-order chi connectivity index (χ0) is 10.7. The Morgan fingerprint density at radius 2 is 2.20 bits per heavy atom. The van der Waals surface area contributed by atoms with Gasteiger partial charge in [-0.3, -0.25) is 0 Å². The first-order chi connectivity index (χ1) is 7.27. The lowest BCUT2D eigenvalue weighted by Gasteiger charge is -2.23. The molecule has 0 aliphatic carbocycles. The maximum Gasteiger partial charge on any atom is 0.256 e. The van der Waals surface area contributed by atoms with Crippen LogP contribution >= 0.6 is 0 Å². The minimum atomic E-state index is -2.31. The summed E-state index contributed by atoms with van der Waals surface area (Å²) < 4.78 is 26.2. The van der Waals surface area contributed by atoms with Crippen LogP contribution in [0.2, 0.25) is 0 Å². The van der Waals surface area contributed by atoms with Gasteiger partial charge < -0.3 is 9.88 Å². The Kier molecular flexibility index (Phi) is 3.30. The van der Waals surface area contributed by atoms with Gasteiger partial charge in [0, 0.05) is 17.8 Å². The second kappa shape index (κ2) is 4.70. The highest BCUT2D eigenvalue weighted by atomic mass is 19.3. The van der Waals surface area contributed by atoms with Crippen molar-refractivity contribution < 1.29 is 8.78 Å². The molecule has 2 heterocycles. The van der Waals surface area contributed by atoms with Crippen LogP contribution in [0.1, 0.15) is 24.5 Å². The molecule has 3 nitrogen and oxygen atoms in total. The highest BCUT2D eigenvalue weighted by Crippen LogP contribution is 2.25. The van der Waals surface area contributed by atoms with E-state index in [1.165, 1.54) is 6.33 Å². The number of nitrogens with zero attached hydrogens (tertiary/aromatic N) is 2. The Morgan fingerprint density at radius 1 is 1.47 bits per heavy atom. The SMILES string of the molecule is FC(F)Cn1cncc1C1CCNCC1. The van der Waals surface area contributed by atoms with Gasteiger partial charge in [-0.25, -0.2) is 13.8 Å². The van der Waals surface area contributed by atoms with Crippen molar-refractivity contribution in [2.24, 2.45) is 0 Å². The number of aromatic nitrogens is 2. The second-order valence-electron chi connectivity index (χ2n) is 3.89. The van der Waals surface area contributed by atoms with Gasteiger partial charge in [-0.15, -0.1) is 0 Å². The molecule has 1 aromatic heterocycles. The van der Waals surface area contributed by atoms with Crippen molar-refractivity contribution in [2.45, 2.75) is 31.7 Å². The van der Waals surface area contributed by atoms with Crippen LogP contribution in [0.3, 0.4) is 0 Å². The molecule has 0 unspecified atom stereocenters. The van der Waals surface area contributed by atoms with Crippen molar-refractivity contribution in [3.8, 4) is 0 Å². The molecule has 0 aromatic carbocycles. The van der Waals surface area contributed by atoms with E-state index < -0.39 is 6.43 Å². The summed E-state index contributed by atoms with van der Waals surface area (Å²) in [6.45, 7) is 1.69. The van der Waals surface area contributed by atoms with Gasteiger partial charge in [0.15, 0.2) is 0 Å². The van der Waals surface area contributed by atoms with Crippen molar-refractivity contribution >= 4 is 0 Å². The van der Waals surface area contributed by atoms with E-state index in [-0.39, 0.29) is 6.54 Å². The van der Waals surface area contributed by atoms with Gasteiger partial charge in [-0.05, 0) is 25.9 Å². The lowest BCUT2D eigenvalue weighted by Crippen LogP contribution is -2.28. The fourth-order valence-corrected chi connectivity index (χ4v) is 2.09. The third-order valence-corrected chi connectivity index (χ3v) is 2.84. The Balaban J connectivity index is 2.09. The third-order valence-electron chi connectivity index (χ3n) is 2.84. The summed E-state index contributed by atoms with van der Waals surface area (Å²) >= 11 is 0. The van der Waals surface area contributed by atoms with Crippen LogP contribution in [0.5, 0.6) is 0 Å². The normalized spacial score (nSPS) is 18.6. The van der Waals surface area contributed by atoms with E-state index in [4.69, 9.17) is 0 Å². The van der Waals surface area contributed by atoms with Crippen molar-refractivity contribution in [3.05, 3.63) is 18.2 Å². The molecule has 0 radical (unpaired) electrons. The lowest BCUT2D eigenvalue weighted by molar-refractivity contribution is 0.124. The number of nitrogens with one attached hydrogen (secondary N) is 1. The van der Waals surface area contributed by atoms with Gasteiger partial charge in [0.25, 0.3) is 6.43 Å². The number of hydrogen-bond donors (Lipinski definition) is 1. The molecule has 84 valence electrons. The number of alkyl halides is 2.